The van der Waals surface area contributed by atoms with Crippen LogP contribution in [0.25, 0.3) is 0 Å². The summed E-state index contributed by atoms with van der Waals surface area (Å²) >= 11 is 0. The molecule has 0 aliphatic carbocycles. The molecular weight excluding hydrogens is 444 g/mol. The van der Waals surface area contributed by atoms with Crippen LogP contribution in [0.15, 0.2) is 22.7 Å². The lowest BCUT2D eigenvalue weighted by molar-refractivity contribution is -0.158. The number of nitrogens with zero attached hydrogens (tertiary/aromatic N) is 2. The molecule has 0 saturated carbocycles. The van der Waals surface area contributed by atoms with E-state index in [1.54, 1.807) is 51.3 Å². The fourth-order valence-electron chi connectivity index (χ4n) is 4.68. The average Bonchev–Trinajstić information content (AvgIpc) is 3.29. The first kappa shape index (κ1) is 25.6. The molecule has 2 unspecified atom stereocenters. The molecule has 0 radical (unpaired) electrons. The number of allylic oxidation sites excluding steroid dienone is 2. The van der Waals surface area contributed by atoms with Crippen molar-refractivity contribution in [3.63, 3.8) is 0 Å². The Morgan fingerprint density at radius 3 is 1.35 bits per heavy atom. The molecule has 0 bridgehead atoms. The third kappa shape index (κ3) is 4.76. The van der Waals surface area contributed by atoms with Gasteiger partial charge in [0.05, 0.1) is 24.4 Å². The van der Waals surface area contributed by atoms with Gasteiger partial charge in [-0.3, -0.25) is 9.59 Å². The number of rotatable bonds is 6. The topological polar surface area (TPSA) is 112 Å². The fraction of sp³-hybridized carbons (Fsp3) is 0.667. The number of hydrogen-bond donors (Lipinski definition) is 0. The summed E-state index contributed by atoms with van der Waals surface area (Å²) in [5, 5.41) is 0. The fourth-order valence-corrected chi connectivity index (χ4v) is 4.68. The number of hydrogen-bond acceptors (Lipinski definition) is 8. The quantitative estimate of drug-likeness (QED) is 0.530. The predicted octanol–water partition coefficient (Wildman–Crippen LogP) is 1.69. The Hall–Kier alpha value is -3.04. The molecule has 3 aliphatic rings. The van der Waals surface area contributed by atoms with Gasteiger partial charge in [-0.15, -0.1) is 0 Å². The van der Waals surface area contributed by atoms with Crippen molar-refractivity contribution in [2.75, 3.05) is 39.4 Å². The lowest BCUT2D eigenvalue weighted by Gasteiger charge is -2.40. The molecule has 2 atom stereocenters. The largest absolute Gasteiger partial charge is 0.481 e. The maximum atomic E-state index is 13.2. The number of carbonyl (C=O) groups excluding carboxylic acids is 4. The van der Waals surface area contributed by atoms with Crippen LogP contribution in [0, 0.1) is 0 Å². The van der Waals surface area contributed by atoms with Crippen molar-refractivity contribution in [3.8, 4) is 0 Å². The Labute approximate surface area is 199 Å². The number of ether oxygens (including phenoxy) is 4. The van der Waals surface area contributed by atoms with Gasteiger partial charge in [0.1, 0.15) is 11.5 Å². The van der Waals surface area contributed by atoms with E-state index in [0.717, 1.165) is 0 Å². The molecule has 0 aromatic heterocycles. The van der Waals surface area contributed by atoms with Gasteiger partial charge < -0.3 is 28.7 Å². The molecule has 188 valence electrons. The van der Waals surface area contributed by atoms with E-state index in [-0.39, 0.29) is 37.9 Å². The summed E-state index contributed by atoms with van der Waals surface area (Å²) in [5.74, 6) is -0.609. The number of piperazine rings is 1. The molecule has 0 aromatic carbocycles. The van der Waals surface area contributed by atoms with E-state index in [4.69, 9.17) is 18.9 Å². The van der Waals surface area contributed by atoms with Crippen LogP contribution in [0.5, 0.6) is 0 Å². The molecular formula is C24H34N2O8. The average molecular weight is 479 g/mol. The first-order valence-corrected chi connectivity index (χ1v) is 11.7. The van der Waals surface area contributed by atoms with Gasteiger partial charge in [-0.25, -0.2) is 9.59 Å². The van der Waals surface area contributed by atoms with Crippen LogP contribution in [0.1, 0.15) is 54.4 Å². The van der Waals surface area contributed by atoms with Crippen molar-refractivity contribution >= 4 is 23.8 Å². The molecule has 10 nitrogen and oxygen atoms in total. The SMILES string of the molecule is CCOC(=O)C1=C(C)OC(C)(C(=O)N2CCN(C(=O)C3(C)CC(C(=O)OCC)=C(C)O3)CC2)C1. The Morgan fingerprint density at radius 2 is 1.06 bits per heavy atom. The number of amides is 2. The van der Waals surface area contributed by atoms with E-state index in [9.17, 15) is 19.2 Å². The first-order chi connectivity index (χ1) is 16.0. The van der Waals surface area contributed by atoms with Crippen molar-refractivity contribution in [1.82, 2.24) is 9.80 Å². The van der Waals surface area contributed by atoms with Gasteiger partial charge in [0.15, 0.2) is 11.2 Å². The molecule has 0 N–H and O–H groups in total. The molecule has 34 heavy (non-hydrogen) atoms. The van der Waals surface area contributed by atoms with Crippen molar-refractivity contribution in [1.29, 1.82) is 0 Å². The molecule has 0 spiro atoms. The van der Waals surface area contributed by atoms with Gasteiger partial charge in [0.25, 0.3) is 11.8 Å². The zero-order valence-corrected chi connectivity index (χ0v) is 20.8. The van der Waals surface area contributed by atoms with Crippen LogP contribution in [-0.4, -0.2) is 84.1 Å². The second-order valence-electron chi connectivity index (χ2n) is 9.11. The van der Waals surface area contributed by atoms with Crippen LogP contribution >= 0.6 is 0 Å². The molecule has 10 heteroatoms. The summed E-state index contributed by atoms with van der Waals surface area (Å²) in [5.41, 5.74) is -1.63. The minimum absolute atomic E-state index is 0.142. The molecule has 1 fully saturated rings. The molecule has 2 amide bonds. The second kappa shape index (κ2) is 9.68. The van der Waals surface area contributed by atoms with Crippen molar-refractivity contribution in [3.05, 3.63) is 22.7 Å². The van der Waals surface area contributed by atoms with E-state index in [0.29, 0.717) is 48.8 Å². The Kier molecular flexibility index (Phi) is 7.28. The van der Waals surface area contributed by atoms with Crippen molar-refractivity contribution < 1.29 is 38.1 Å². The zero-order valence-electron chi connectivity index (χ0n) is 20.8. The smallest absolute Gasteiger partial charge is 0.337 e. The minimum Gasteiger partial charge on any atom is -0.481 e. The van der Waals surface area contributed by atoms with Gasteiger partial charge in [0, 0.05) is 39.0 Å². The molecule has 1 saturated heterocycles. The molecule has 3 rings (SSSR count). The van der Waals surface area contributed by atoms with Gasteiger partial charge in [0.2, 0.25) is 0 Å². The third-order valence-corrected chi connectivity index (χ3v) is 6.44. The van der Waals surface area contributed by atoms with E-state index >= 15 is 0 Å². The normalized spacial score (nSPS) is 26.9. The van der Waals surface area contributed by atoms with Gasteiger partial charge in [-0.05, 0) is 41.5 Å². The summed E-state index contributed by atoms with van der Waals surface area (Å²) in [7, 11) is 0. The molecule has 0 aromatic rings. The van der Waals surface area contributed by atoms with E-state index in [2.05, 4.69) is 0 Å². The molecule has 3 heterocycles. The second-order valence-corrected chi connectivity index (χ2v) is 9.11. The van der Waals surface area contributed by atoms with Gasteiger partial charge in [-0.1, -0.05) is 0 Å². The highest BCUT2D eigenvalue weighted by Gasteiger charge is 2.49. The highest BCUT2D eigenvalue weighted by atomic mass is 16.5. The lowest BCUT2D eigenvalue weighted by atomic mass is 9.95. The molecule has 3 aliphatic heterocycles. The number of carbonyl (C=O) groups is 4. The summed E-state index contributed by atoms with van der Waals surface area (Å²) in [6.07, 6.45) is 0.284. The maximum absolute atomic E-state index is 13.2. The lowest BCUT2D eigenvalue weighted by Crippen LogP contribution is -2.58. The van der Waals surface area contributed by atoms with Crippen LogP contribution in [0.3, 0.4) is 0 Å². The van der Waals surface area contributed by atoms with Crippen molar-refractivity contribution in [2.24, 2.45) is 0 Å². The van der Waals surface area contributed by atoms with E-state index < -0.39 is 23.1 Å². The Bertz CT molecular complexity index is 871. The number of esters is 2. The van der Waals surface area contributed by atoms with Crippen LogP contribution in [0.4, 0.5) is 0 Å². The highest BCUT2D eigenvalue weighted by molar-refractivity contribution is 5.95. The Balaban J connectivity index is 1.58. The monoisotopic (exact) mass is 478 g/mol. The van der Waals surface area contributed by atoms with Gasteiger partial charge in [-0.2, -0.15) is 0 Å². The summed E-state index contributed by atoms with van der Waals surface area (Å²) in [6, 6.07) is 0. The highest BCUT2D eigenvalue weighted by Crippen LogP contribution is 2.37. The Morgan fingerprint density at radius 1 is 0.735 bits per heavy atom. The van der Waals surface area contributed by atoms with Crippen LogP contribution in [-0.2, 0) is 38.1 Å². The summed E-state index contributed by atoms with van der Waals surface area (Å²) in [4.78, 5) is 54.1. The van der Waals surface area contributed by atoms with Crippen LogP contribution < -0.4 is 0 Å². The summed E-state index contributed by atoms with van der Waals surface area (Å²) < 4.78 is 21.8. The van der Waals surface area contributed by atoms with E-state index in [1.807, 2.05) is 0 Å². The predicted molar refractivity (Wildman–Crippen MR) is 120 cm³/mol. The zero-order chi connectivity index (χ0) is 25.3. The third-order valence-electron chi connectivity index (χ3n) is 6.44. The maximum Gasteiger partial charge on any atom is 0.337 e. The van der Waals surface area contributed by atoms with Crippen LogP contribution in [0.2, 0.25) is 0 Å². The van der Waals surface area contributed by atoms with Crippen molar-refractivity contribution in [2.45, 2.75) is 65.6 Å². The standard InChI is InChI=1S/C24H34N2O8/c1-7-31-19(27)17-13-23(5,33-15(17)3)21(29)25-9-11-26(12-10-25)22(30)24(6)14-18(16(4)34-24)20(28)32-8-2/h7-14H2,1-6H3. The van der Waals surface area contributed by atoms with E-state index in [1.165, 1.54) is 0 Å². The first-order valence-electron chi connectivity index (χ1n) is 11.7. The summed E-state index contributed by atoms with van der Waals surface area (Å²) in [6.45, 7) is 11.9. The van der Waals surface area contributed by atoms with Gasteiger partial charge >= 0.3 is 11.9 Å². The minimum atomic E-state index is -1.19.